The van der Waals surface area contributed by atoms with Crippen LogP contribution in [0.4, 0.5) is 11.5 Å². The molecule has 0 spiro atoms. The molecule has 4 amide bonds. The van der Waals surface area contributed by atoms with Gasteiger partial charge >= 0.3 is 0 Å². The topological polar surface area (TPSA) is 173 Å². The summed E-state index contributed by atoms with van der Waals surface area (Å²) in [5, 5.41) is 6.73. The van der Waals surface area contributed by atoms with E-state index in [0.29, 0.717) is 77.5 Å². The Labute approximate surface area is 363 Å². The fourth-order valence-corrected chi connectivity index (χ4v) is 9.29. The average Bonchev–Trinajstić information content (AvgIpc) is 3.87. The van der Waals surface area contributed by atoms with E-state index in [0.717, 1.165) is 69.7 Å². The second-order valence-electron chi connectivity index (χ2n) is 16.4. The Morgan fingerprint density at radius 2 is 1.73 bits per heavy atom. The van der Waals surface area contributed by atoms with Gasteiger partial charge in [0.2, 0.25) is 17.7 Å². The van der Waals surface area contributed by atoms with E-state index >= 15 is 0 Å². The summed E-state index contributed by atoms with van der Waals surface area (Å²) >= 11 is 6.63. The third-order valence-electron chi connectivity index (χ3n) is 12.4. The zero-order valence-corrected chi connectivity index (χ0v) is 35.0. The summed E-state index contributed by atoms with van der Waals surface area (Å²) in [4.78, 5) is 84.9. The highest BCUT2D eigenvalue weighted by atomic mass is 35.5. The number of amides is 4. The van der Waals surface area contributed by atoms with Crippen LogP contribution in [0.2, 0.25) is 5.02 Å². The van der Waals surface area contributed by atoms with Crippen LogP contribution in [0.1, 0.15) is 76.8 Å². The highest BCUT2D eigenvalue weighted by Gasteiger charge is 2.39. The molecule has 4 aliphatic heterocycles. The number of piperidine rings is 2. The van der Waals surface area contributed by atoms with Crippen molar-refractivity contribution in [3.63, 3.8) is 0 Å². The molecule has 62 heavy (non-hydrogen) atoms. The zero-order valence-electron chi connectivity index (χ0n) is 34.3. The predicted molar refractivity (Wildman–Crippen MR) is 234 cm³/mol. The predicted octanol–water partition coefficient (Wildman–Crippen LogP) is 5.79. The molecule has 3 N–H and O–H groups in total. The molecular weight excluding hydrogens is 810 g/mol. The number of aromatic amines is 1. The number of unbranched alkanes of at least 4 members (excludes halogenated alkanes) is 1. The monoisotopic (exact) mass is 857 g/mol. The Morgan fingerprint density at radius 1 is 0.887 bits per heavy atom. The molecule has 3 saturated heterocycles. The molecule has 0 aliphatic carbocycles. The SMILES string of the molecule is O=C1CCC(N2Cc3cc(N4CCN(CCCCC(=O)N5CCC[C@@H](Nc6ncnc7[nH]cc(C(=O)c8ccc(Oc9ccccc9)cc8Cl)c67)C5)CC4)ccc3C2=O)C(=O)N1. The van der Waals surface area contributed by atoms with Gasteiger partial charge in [0.1, 0.15) is 35.3 Å². The minimum Gasteiger partial charge on any atom is -0.457 e. The molecule has 15 nitrogen and oxygen atoms in total. The molecule has 0 bridgehead atoms. The quantitative estimate of drug-likeness (QED) is 0.0744. The van der Waals surface area contributed by atoms with Crippen molar-refractivity contribution in [1.29, 1.82) is 0 Å². The van der Waals surface area contributed by atoms with Gasteiger partial charge in [0, 0.05) is 93.8 Å². The van der Waals surface area contributed by atoms with Crippen LogP contribution < -0.4 is 20.3 Å². The number of nitrogens with one attached hydrogen (secondary N) is 3. The number of H-pyrrole nitrogens is 1. The number of anilines is 2. The Kier molecular flexibility index (Phi) is 11.9. The largest absolute Gasteiger partial charge is 0.457 e. The maximum Gasteiger partial charge on any atom is 0.255 e. The lowest BCUT2D eigenvalue weighted by molar-refractivity contribution is -0.137. The summed E-state index contributed by atoms with van der Waals surface area (Å²) in [5.74, 6) is 0.731. The Bertz CT molecular complexity index is 2520. The van der Waals surface area contributed by atoms with Crippen LogP contribution in [0.5, 0.6) is 11.5 Å². The highest BCUT2D eigenvalue weighted by Crippen LogP contribution is 2.33. The van der Waals surface area contributed by atoms with Crippen molar-refractivity contribution < 1.29 is 28.7 Å². The Morgan fingerprint density at radius 3 is 2.53 bits per heavy atom. The van der Waals surface area contributed by atoms with Gasteiger partial charge < -0.3 is 29.7 Å². The lowest BCUT2D eigenvalue weighted by Crippen LogP contribution is -2.52. The maximum absolute atomic E-state index is 13.9. The summed E-state index contributed by atoms with van der Waals surface area (Å²) in [6.45, 7) is 6.05. The number of halogens is 1. The summed E-state index contributed by atoms with van der Waals surface area (Å²) in [6, 6.07) is 19.6. The number of fused-ring (bicyclic) bond motifs is 2. The van der Waals surface area contributed by atoms with E-state index in [1.54, 1.807) is 29.3 Å². The van der Waals surface area contributed by atoms with Crippen LogP contribution in [-0.2, 0) is 20.9 Å². The van der Waals surface area contributed by atoms with E-state index in [1.807, 2.05) is 47.4 Å². The number of ketones is 1. The molecule has 4 aliphatic rings. The molecule has 2 atom stereocenters. The number of imide groups is 1. The lowest BCUT2D eigenvalue weighted by Gasteiger charge is -2.36. The van der Waals surface area contributed by atoms with Crippen molar-refractivity contribution in [2.75, 3.05) is 56.0 Å². The summed E-state index contributed by atoms with van der Waals surface area (Å²) < 4.78 is 5.90. The van der Waals surface area contributed by atoms with E-state index in [2.05, 4.69) is 41.5 Å². The van der Waals surface area contributed by atoms with Crippen molar-refractivity contribution >= 4 is 63.6 Å². The third-order valence-corrected chi connectivity index (χ3v) is 12.7. The molecule has 0 saturated carbocycles. The lowest BCUT2D eigenvalue weighted by atomic mass is 10.0. The van der Waals surface area contributed by atoms with Gasteiger partial charge in [-0.05, 0) is 86.7 Å². The fraction of sp³-hybridized carbons (Fsp3) is 0.370. The molecule has 320 valence electrons. The minimum atomic E-state index is -0.622. The number of hydrogen-bond donors (Lipinski definition) is 3. The van der Waals surface area contributed by atoms with Gasteiger partial charge in [0.25, 0.3) is 5.91 Å². The molecule has 6 heterocycles. The van der Waals surface area contributed by atoms with Crippen LogP contribution in [0.25, 0.3) is 11.0 Å². The van der Waals surface area contributed by atoms with Crippen LogP contribution in [0.15, 0.2) is 79.3 Å². The molecule has 3 fully saturated rings. The van der Waals surface area contributed by atoms with E-state index < -0.39 is 11.9 Å². The first-order valence-corrected chi connectivity index (χ1v) is 21.7. The van der Waals surface area contributed by atoms with Crippen LogP contribution in [0.3, 0.4) is 0 Å². The molecule has 2 aromatic heterocycles. The van der Waals surface area contributed by atoms with Gasteiger partial charge in [0.05, 0.1) is 16.0 Å². The fourth-order valence-electron chi connectivity index (χ4n) is 9.04. The van der Waals surface area contributed by atoms with Crippen LogP contribution >= 0.6 is 11.6 Å². The number of para-hydroxylation sites is 1. The van der Waals surface area contributed by atoms with Crippen molar-refractivity contribution in [3.8, 4) is 11.5 Å². The van der Waals surface area contributed by atoms with E-state index in [-0.39, 0.29) is 41.0 Å². The molecule has 16 heteroatoms. The van der Waals surface area contributed by atoms with Crippen molar-refractivity contribution in [2.24, 2.45) is 0 Å². The van der Waals surface area contributed by atoms with Crippen LogP contribution in [-0.4, -0.2) is 117 Å². The summed E-state index contributed by atoms with van der Waals surface area (Å²) in [5.41, 5.74) is 3.84. The number of benzene rings is 3. The second kappa shape index (κ2) is 18.0. The number of piperazine rings is 1. The van der Waals surface area contributed by atoms with Gasteiger partial charge in [-0.15, -0.1) is 0 Å². The van der Waals surface area contributed by atoms with Crippen molar-refractivity contribution in [2.45, 2.75) is 63.6 Å². The standard InChI is InChI=1S/C46H48ClN9O6/c47-37-24-33(62-32-8-2-1-3-9-32)12-14-35(37)42(59)36-25-48-43-41(36)44(50-28-49-43)51-30-7-6-18-55(27-30)40(58)10-4-5-17-53-19-21-54(22-20-53)31-11-13-34-29(23-31)26-56(46(34)61)38-15-16-39(57)52-45(38)60/h1-3,8-9,11-14,23-25,28,30,38H,4-7,10,15-22,26-27H2,(H,52,57,60)(H2,48,49,50,51)/t30-,38?/m1/s1. The number of nitrogens with zero attached hydrogens (tertiary/aromatic N) is 6. The van der Waals surface area contributed by atoms with Crippen molar-refractivity contribution in [3.05, 3.63) is 107 Å². The second-order valence-corrected chi connectivity index (χ2v) is 16.8. The molecule has 3 aromatic carbocycles. The highest BCUT2D eigenvalue weighted by molar-refractivity contribution is 6.35. The molecule has 1 unspecified atom stereocenters. The first-order valence-electron chi connectivity index (χ1n) is 21.4. The molecule has 5 aromatic rings. The number of likely N-dealkylation sites (tertiary alicyclic amines) is 1. The third kappa shape index (κ3) is 8.72. The first-order chi connectivity index (χ1) is 30.2. The maximum atomic E-state index is 13.9. The van der Waals surface area contributed by atoms with E-state index in [4.69, 9.17) is 16.3 Å². The van der Waals surface area contributed by atoms with Crippen LogP contribution in [0, 0.1) is 0 Å². The number of carbonyl (C=O) groups excluding carboxylic acids is 5. The molecular formula is C46H48ClN9O6. The minimum absolute atomic E-state index is 0.0478. The number of hydrogen-bond acceptors (Lipinski definition) is 11. The normalized spacial score (nSPS) is 19.4. The van der Waals surface area contributed by atoms with E-state index in [1.165, 1.54) is 6.33 Å². The van der Waals surface area contributed by atoms with Gasteiger partial charge in [-0.25, -0.2) is 9.97 Å². The van der Waals surface area contributed by atoms with Gasteiger partial charge in [-0.2, -0.15) is 0 Å². The number of aromatic nitrogens is 3. The smallest absolute Gasteiger partial charge is 0.255 e. The van der Waals surface area contributed by atoms with Crippen molar-refractivity contribution in [1.82, 2.24) is 35.0 Å². The number of carbonyl (C=O) groups is 5. The Balaban J connectivity index is 0.736. The Hall–Kier alpha value is -6.32. The van der Waals surface area contributed by atoms with E-state index in [9.17, 15) is 24.0 Å². The summed E-state index contributed by atoms with van der Waals surface area (Å²) in [6.07, 6.45) is 7.60. The van der Waals surface area contributed by atoms with Gasteiger partial charge in [0.15, 0.2) is 5.78 Å². The number of ether oxygens (including phenoxy) is 1. The first kappa shape index (κ1) is 41.1. The average molecular weight is 858 g/mol. The molecule has 0 radical (unpaired) electrons. The van der Waals surface area contributed by atoms with Gasteiger partial charge in [-0.1, -0.05) is 29.8 Å². The van der Waals surface area contributed by atoms with Gasteiger partial charge in [-0.3, -0.25) is 34.2 Å². The summed E-state index contributed by atoms with van der Waals surface area (Å²) in [7, 11) is 0. The molecule has 9 rings (SSSR count). The number of rotatable bonds is 13. The zero-order chi connectivity index (χ0) is 42.7.